The minimum Gasteiger partial charge on any atom is -0.507 e. The summed E-state index contributed by atoms with van der Waals surface area (Å²) in [5.74, 6) is -0.683. The maximum Gasteiger partial charge on any atom is 0.295 e. The molecule has 0 saturated carbocycles. The number of hydrogen-bond donors (Lipinski definition) is 1. The highest BCUT2D eigenvalue weighted by Crippen LogP contribution is 2.40. The number of aryl methyl sites for hydroxylation is 2. The Morgan fingerprint density at radius 1 is 1.12 bits per heavy atom. The zero-order valence-electron chi connectivity index (χ0n) is 19.8. The maximum absolute atomic E-state index is 13.2. The van der Waals surface area contributed by atoms with Gasteiger partial charge in [-0.25, -0.2) is 0 Å². The number of likely N-dealkylation sites (tertiary alicyclic amines) is 2. The van der Waals surface area contributed by atoms with E-state index in [9.17, 15) is 14.7 Å². The molecule has 8 heteroatoms. The number of carbonyl (C=O) groups is 2. The van der Waals surface area contributed by atoms with Gasteiger partial charge in [-0.05, 0) is 64.4 Å². The lowest BCUT2D eigenvalue weighted by Gasteiger charge is -2.27. The first-order valence-electron chi connectivity index (χ1n) is 11.6. The number of aliphatic hydroxyl groups excluding tert-OH is 1. The summed E-state index contributed by atoms with van der Waals surface area (Å²) in [4.78, 5) is 30.3. The van der Waals surface area contributed by atoms with Crippen molar-refractivity contribution in [3.8, 4) is 5.75 Å². The summed E-state index contributed by atoms with van der Waals surface area (Å²) in [6.45, 7) is 9.22. The number of benzene rings is 1. The normalized spacial score (nSPS) is 20.7. The van der Waals surface area contributed by atoms with Gasteiger partial charge in [0.15, 0.2) is 0 Å². The van der Waals surface area contributed by atoms with Crippen LogP contribution in [0, 0.1) is 13.8 Å². The van der Waals surface area contributed by atoms with Gasteiger partial charge in [0.25, 0.3) is 11.7 Å². The van der Waals surface area contributed by atoms with Crippen LogP contribution in [0.1, 0.15) is 48.3 Å². The van der Waals surface area contributed by atoms with Crippen LogP contribution in [0.15, 0.2) is 29.8 Å². The quantitative estimate of drug-likeness (QED) is 0.395. The summed E-state index contributed by atoms with van der Waals surface area (Å²) in [5, 5.41) is 15.7. The van der Waals surface area contributed by atoms with E-state index < -0.39 is 17.7 Å². The Morgan fingerprint density at radius 2 is 1.79 bits per heavy atom. The topological polar surface area (TPSA) is 87.9 Å². The first-order valence-corrected chi connectivity index (χ1v) is 11.6. The molecule has 0 spiro atoms. The molecule has 1 aromatic heterocycles. The summed E-state index contributed by atoms with van der Waals surface area (Å²) in [5.41, 5.74) is 2.73. The van der Waals surface area contributed by atoms with Gasteiger partial charge in [-0.15, -0.1) is 0 Å². The Bertz CT molecular complexity index is 1080. The number of rotatable bonds is 7. The number of aromatic nitrogens is 2. The van der Waals surface area contributed by atoms with Crippen molar-refractivity contribution in [2.45, 2.75) is 39.7 Å². The van der Waals surface area contributed by atoms with Gasteiger partial charge < -0.3 is 19.6 Å². The fourth-order valence-electron chi connectivity index (χ4n) is 4.88. The first-order chi connectivity index (χ1) is 15.8. The van der Waals surface area contributed by atoms with Crippen molar-refractivity contribution in [3.63, 3.8) is 0 Å². The van der Waals surface area contributed by atoms with Crippen LogP contribution >= 0.6 is 0 Å². The lowest BCUT2D eigenvalue weighted by atomic mass is 9.94. The minimum atomic E-state index is -0.665. The third-order valence-electron chi connectivity index (χ3n) is 6.65. The molecule has 8 nitrogen and oxygen atoms in total. The fraction of sp³-hybridized carbons (Fsp3) is 0.480. The lowest BCUT2D eigenvalue weighted by Crippen LogP contribution is -2.37. The van der Waals surface area contributed by atoms with Crippen LogP contribution < -0.4 is 4.74 Å². The summed E-state index contributed by atoms with van der Waals surface area (Å²) < 4.78 is 7.23. The molecule has 1 unspecified atom stereocenters. The second kappa shape index (κ2) is 9.39. The molecule has 1 atom stereocenters. The number of ketones is 1. The second-order valence-corrected chi connectivity index (χ2v) is 8.71. The van der Waals surface area contributed by atoms with E-state index in [2.05, 4.69) is 10.00 Å². The van der Waals surface area contributed by atoms with Crippen LogP contribution in [0.2, 0.25) is 0 Å². The van der Waals surface area contributed by atoms with Gasteiger partial charge in [0.05, 0.1) is 29.5 Å². The Kier molecular flexibility index (Phi) is 6.56. The van der Waals surface area contributed by atoms with Crippen molar-refractivity contribution in [2.75, 3.05) is 32.8 Å². The molecule has 1 N–H and O–H groups in total. The summed E-state index contributed by atoms with van der Waals surface area (Å²) in [6, 6.07) is 6.73. The fourth-order valence-corrected chi connectivity index (χ4v) is 4.88. The molecule has 2 aromatic rings. The van der Waals surface area contributed by atoms with Crippen LogP contribution in [0.4, 0.5) is 0 Å². The molecule has 0 bridgehead atoms. The third kappa shape index (κ3) is 4.27. The van der Waals surface area contributed by atoms with Crippen molar-refractivity contribution in [2.24, 2.45) is 7.05 Å². The van der Waals surface area contributed by atoms with Gasteiger partial charge >= 0.3 is 0 Å². The molecule has 1 amide bonds. The lowest BCUT2D eigenvalue weighted by molar-refractivity contribution is -0.140. The summed E-state index contributed by atoms with van der Waals surface area (Å²) >= 11 is 0. The van der Waals surface area contributed by atoms with E-state index in [-0.39, 0.29) is 11.3 Å². The highest BCUT2D eigenvalue weighted by Gasteiger charge is 2.46. The monoisotopic (exact) mass is 452 g/mol. The Balaban J connectivity index is 1.78. The molecule has 2 aliphatic heterocycles. The standard InChI is InChI=1S/C25H32N4O4/c1-5-33-19-10-8-18(9-11-19)22-21(23(30)20-16(2)26-27(4)17(20)3)24(31)25(32)29(22)15-14-28-12-6-7-13-28/h8-11,22,30H,5-7,12-15H2,1-4H3/b23-21+. The van der Waals surface area contributed by atoms with Crippen LogP contribution in [0.5, 0.6) is 5.75 Å². The van der Waals surface area contributed by atoms with Crippen LogP contribution in [-0.4, -0.2) is 69.2 Å². The van der Waals surface area contributed by atoms with E-state index in [1.54, 1.807) is 23.6 Å². The largest absolute Gasteiger partial charge is 0.507 e. The van der Waals surface area contributed by atoms with Crippen LogP contribution in [-0.2, 0) is 16.6 Å². The van der Waals surface area contributed by atoms with Crippen LogP contribution in [0.25, 0.3) is 5.76 Å². The summed E-state index contributed by atoms with van der Waals surface area (Å²) in [7, 11) is 1.79. The number of aliphatic hydroxyl groups is 1. The zero-order valence-corrected chi connectivity index (χ0v) is 19.8. The van der Waals surface area contributed by atoms with E-state index in [1.165, 1.54) is 0 Å². The van der Waals surface area contributed by atoms with Crippen molar-refractivity contribution >= 4 is 17.4 Å². The second-order valence-electron chi connectivity index (χ2n) is 8.71. The molecule has 2 saturated heterocycles. The van der Waals surface area contributed by atoms with E-state index in [0.717, 1.165) is 37.2 Å². The molecule has 0 aliphatic carbocycles. The van der Waals surface area contributed by atoms with Crippen LogP contribution in [0.3, 0.4) is 0 Å². The van der Waals surface area contributed by atoms with E-state index in [1.807, 2.05) is 38.1 Å². The van der Waals surface area contributed by atoms with Crippen molar-refractivity contribution in [3.05, 3.63) is 52.4 Å². The zero-order chi connectivity index (χ0) is 23.7. The number of amides is 1. The van der Waals surface area contributed by atoms with Gasteiger partial charge in [-0.2, -0.15) is 5.10 Å². The highest BCUT2D eigenvalue weighted by molar-refractivity contribution is 6.46. The maximum atomic E-state index is 13.2. The average Bonchev–Trinajstić information content (AvgIpc) is 3.46. The number of Topliss-reactive ketones (excluding diaryl/α,β-unsaturated/α-hetero) is 1. The molecule has 33 heavy (non-hydrogen) atoms. The first kappa shape index (κ1) is 23.0. The number of ether oxygens (including phenoxy) is 1. The Morgan fingerprint density at radius 3 is 2.36 bits per heavy atom. The van der Waals surface area contributed by atoms with Gasteiger partial charge in [0.2, 0.25) is 0 Å². The molecular formula is C25H32N4O4. The molecule has 4 rings (SSSR count). The Labute approximate surface area is 194 Å². The molecule has 1 aromatic carbocycles. The number of nitrogens with zero attached hydrogens (tertiary/aromatic N) is 4. The number of carbonyl (C=O) groups excluding carboxylic acids is 2. The predicted octanol–water partition coefficient (Wildman–Crippen LogP) is 2.95. The van der Waals surface area contributed by atoms with Gasteiger partial charge in [-0.1, -0.05) is 12.1 Å². The van der Waals surface area contributed by atoms with E-state index in [4.69, 9.17) is 4.74 Å². The molecular weight excluding hydrogens is 420 g/mol. The highest BCUT2D eigenvalue weighted by atomic mass is 16.5. The predicted molar refractivity (Wildman–Crippen MR) is 125 cm³/mol. The van der Waals surface area contributed by atoms with E-state index >= 15 is 0 Å². The van der Waals surface area contributed by atoms with E-state index in [0.29, 0.717) is 36.7 Å². The minimum absolute atomic E-state index is 0.116. The average molecular weight is 453 g/mol. The number of hydrogen-bond acceptors (Lipinski definition) is 6. The van der Waals surface area contributed by atoms with Gasteiger partial charge in [0, 0.05) is 25.8 Å². The smallest absolute Gasteiger partial charge is 0.295 e. The van der Waals surface area contributed by atoms with Crippen molar-refractivity contribution in [1.29, 1.82) is 0 Å². The Hall–Kier alpha value is -3.13. The third-order valence-corrected chi connectivity index (χ3v) is 6.65. The molecule has 176 valence electrons. The molecule has 2 aliphatic rings. The SMILES string of the molecule is CCOc1ccc(C2/C(=C(\O)c3c(C)nn(C)c3C)C(=O)C(=O)N2CCN2CCCC2)cc1. The molecule has 0 radical (unpaired) electrons. The van der Waals surface area contributed by atoms with Gasteiger partial charge in [0.1, 0.15) is 11.5 Å². The van der Waals surface area contributed by atoms with Crippen molar-refractivity contribution < 1.29 is 19.4 Å². The van der Waals surface area contributed by atoms with Crippen molar-refractivity contribution in [1.82, 2.24) is 19.6 Å². The molecule has 2 fully saturated rings. The van der Waals surface area contributed by atoms with Gasteiger partial charge in [-0.3, -0.25) is 14.3 Å². The summed E-state index contributed by atoms with van der Waals surface area (Å²) in [6.07, 6.45) is 2.31. The molecule has 3 heterocycles.